The molecular formula is C12H23ClO2S. The molecule has 1 saturated carbocycles. The van der Waals surface area contributed by atoms with Gasteiger partial charge in [0.1, 0.15) is 9.84 Å². The van der Waals surface area contributed by atoms with Crippen LogP contribution in [0.2, 0.25) is 0 Å². The largest absolute Gasteiger partial charge is 0.229 e. The van der Waals surface area contributed by atoms with Crippen LogP contribution >= 0.6 is 11.6 Å². The van der Waals surface area contributed by atoms with E-state index >= 15 is 0 Å². The highest BCUT2D eigenvalue weighted by Gasteiger charge is 2.29. The summed E-state index contributed by atoms with van der Waals surface area (Å²) in [6.07, 6.45) is 7.93. The fourth-order valence-electron chi connectivity index (χ4n) is 2.66. The molecule has 1 fully saturated rings. The molecule has 0 saturated heterocycles. The van der Waals surface area contributed by atoms with Crippen molar-refractivity contribution in [3.63, 3.8) is 0 Å². The lowest BCUT2D eigenvalue weighted by Crippen LogP contribution is -2.27. The van der Waals surface area contributed by atoms with Crippen LogP contribution in [-0.4, -0.2) is 25.8 Å². The van der Waals surface area contributed by atoms with Crippen LogP contribution in [0.25, 0.3) is 0 Å². The molecule has 0 amide bonds. The Bertz CT molecular complexity index is 300. The fraction of sp³-hybridized carbons (Fsp3) is 1.00. The molecule has 4 heteroatoms. The molecule has 16 heavy (non-hydrogen) atoms. The molecule has 0 aromatic rings. The first kappa shape index (κ1) is 14.3. The van der Waals surface area contributed by atoms with Gasteiger partial charge in [0.05, 0.1) is 5.75 Å². The van der Waals surface area contributed by atoms with Crippen molar-refractivity contribution in [3.05, 3.63) is 0 Å². The topological polar surface area (TPSA) is 34.1 Å². The average molecular weight is 267 g/mol. The Morgan fingerprint density at radius 3 is 2.50 bits per heavy atom. The molecule has 0 aromatic heterocycles. The minimum absolute atomic E-state index is 0.190. The number of halogens is 1. The van der Waals surface area contributed by atoms with Gasteiger partial charge in [0.25, 0.3) is 0 Å². The highest BCUT2D eigenvalue weighted by molar-refractivity contribution is 7.90. The van der Waals surface area contributed by atoms with Crippen LogP contribution < -0.4 is 0 Å². The summed E-state index contributed by atoms with van der Waals surface area (Å²) in [4.78, 5) is 0. The van der Waals surface area contributed by atoms with Crippen molar-refractivity contribution in [1.29, 1.82) is 0 Å². The molecule has 1 aliphatic carbocycles. The molecule has 2 nitrogen and oxygen atoms in total. The summed E-state index contributed by atoms with van der Waals surface area (Å²) >= 11 is 6.28. The first-order valence-corrected chi connectivity index (χ1v) is 8.74. The van der Waals surface area contributed by atoms with Crippen LogP contribution in [0.4, 0.5) is 0 Å². The monoisotopic (exact) mass is 266 g/mol. The Hall–Kier alpha value is 0.240. The average Bonchev–Trinajstić information content (AvgIpc) is 2.18. The Balaban J connectivity index is 2.43. The van der Waals surface area contributed by atoms with Gasteiger partial charge in [0, 0.05) is 11.6 Å². The Labute approximate surface area is 105 Å². The number of alkyl halides is 1. The van der Waals surface area contributed by atoms with E-state index in [0.29, 0.717) is 11.7 Å². The Kier molecular flexibility index (Phi) is 5.58. The molecule has 0 N–H and O–H groups in total. The molecule has 0 aliphatic heterocycles. The van der Waals surface area contributed by atoms with Gasteiger partial charge in [-0.1, -0.05) is 19.8 Å². The van der Waals surface area contributed by atoms with E-state index in [9.17, 15) is 8.42 Å². The minimum Gasteiger partial charge on any atom is -0.229 e. The van der Waals surface area contributed by atoms with Gasteiger partial charge in [-0.25, -0.2) is 8.42 Å². The van der Waals surface area contributed by atoms with Gasteiger partial charge in [-0.2, -0.15) is 0 Å². The fourth-order valence-corrected chi connectivity index (χ4v) is 3.74. The molecule has 96 valence electrons. The predicted molar refractivity (Wildman–Crippen MR) is 69.7 cm³/mol. The molecule has 1 rings (SSSR count). The third-order valence-corrected chi connectivity index (χ3v) is 5.11. The number of hydrogen-bond acceptors (Lipinski definition) is 2. The van der Waals surface area contributed by atoms with E-state index in [2.05, 4.69) is 6.92 Å². The third-order valence-electron chi connectivity index (χ3n) is 3.55. The molecule has 3 unspecified atom stereocenters. The van der Waals surface area contributed by atoms with Crippen LogP contribution in [-0.2, 0) is 9.84 Å². The molecule has 0 aromatic carbocycles. The van der Waals surface area contributed by atoms with Crippen molar-refractivity contribution in [2.75, 3.05) is 12.0 Å². The quantitative estimate of drug-likeness (QED) is 0.716. The summed E-state index contributed by atoms with van der Waals surface area (Å²) in [6, 6.07) is 0. The maximum atomic E-state index is 11.1. The highest BCUT2D eigenvalue weighted by atomic mass is 35.5. The predicted octanol–water partition coefficient (Wildman–Crippen LogP) is 3.24. The van der Waals surface area contributed by atoms with Crippen molar-refractivity contribution in [1.82, 2.24) is 0 Å². The standard InChI is InChI=1S/C12H23ClO2S/c1-3-4-10-5-6-12(13)11(9-10)7-8-16(2,14)15/h10-12H,3-9H2,1-2H3. The van der Waals surface area contributed by atoms with Crippen LogP contribution in [0, 0.1) is 11.8 Å². The number of rotatable bonds is 5. The summed E-state index contributed by atoms with van der Waals surface area (Å²) in [7, 11) is -2.84. The van der Waals surface area contributed by atoms with Gasteiger partial charge in [0.15, 0.2) is 0 Å². The van der Waals surface area contributed by atoms with Gasteiger partial charge >= 0.3 is 0 Å². The van der Waals surface area contributed by atoms with Gasteiger partial charge in [0.2, 0.25) is 0 Å². The highest BCUT2D eigenvalue weighted by Crippen LogP contribution is 2.36. The Morgan fingerprint density at radius 2 is 1.94 bits per heavy atom. The van der Waals surface area contributed by atoms with E-state index in [1.54, 1.807) is 0 Å². The maximum absolute atomic E-state index is 11.1. The minimum atomic E-state index is -2.84. The lowest BCUT2D eigenvalue weighted by atomic mass is 9.78. The molecule has 0 heterocycles. The van der Waals surface area contributed by atoms with Gasteiger partial charge in [-0.05, 0) is 37.5 Å². The zero-order valence-electron chi connectivity index (χ0n) is 10.3. The summed E-state index contributed by atoms with van der Waals surface area (Å²) in [5.41, 5.74) is 0. The number of hydrogen-bond donors (Lipinski definition) is 0. The van der Waals surface area contributed by atoms with Crippen molar-refractivity contribution >= 4 is 21.4 Å². The van der Waals surface area contributed by atoms with E-state index in [1.165, 1.54) is 25.5 Å². The lowest BCUT2D eigenvalue weighted by Gasteiger charge is -2.32. The van der Waals surface area contributed by atoms with E-state index < -0.39 is 9.84 Å². The van der Waals surface area contributed by atoms with E-state index in [4.69, 9.17) is 11.6 Å². The molecule has 0 spiro atoms. The second kappa shape index (κ2) is 6.25. The normalized spacial score (nSPS) is 31.6. The van der Waals surface area contributed by atoms with E-state index in [0.717, 1.165) is 25.2 Å². The van der Waals surface area contributed by atoms with Crippen molar-refractivity contribution in [2.45, 2.75) is 50.8 Å². The van der Waals surface area contributed by atoms with Crippen molar-refractivity contribution < 1.29 is 8.42 Å². The van der Waals surface area contributed by atoms with Crippen LogP contribution in [0.5, 0.6) is 0 Å². The third kappa shape index (κ3) is 5.05. The van der Waals surface area contributed by atoms with Crippen molar-refractivity contribution in [3.8, 4) is 0 Å². The van der Waals surface area contributed by atoms with Crippen molar-refractivity contribution in [2.24, 2.45) is 11.8 Å². The molecule has 1 aliphatic rings. The van der Waals surface area contributed by atoms with Gasteiger partial charge in [-0.15, -0.1) is 11.6 Å². The summed E-state index contributed by atoms with van der Waals surface area (Å²) in [5, 5.41) is 0.190. The Morgan fingerprint density at radius 1 is 1.25 bits per heavy atom. The lowest BCUT2D eigenvalue weighted by molar-refractivity contribution is 0.254. The molecule has 0 bridgehead atoms. The summed E-state index contributed by atoms with van der Waals surface area (Å²) in [5.74, 6) is 1.46. The SMILES string of the molecule is CCCC1CCC(Cl)C(CCS(C)(=O)=O)C1. The van der Waals surface area contributed by atoms with Gasteiger partial charge in [-0.3, -0.25) is 0 Å². The van der Waals surface area contributed by atoms with Crippen LogP contribution in [0.3, 0.4) is 0 Å². The van der Waals surface area contributed by atoms with Gasteiger partial charge < -0.3 is 0 Å². The smallest absolute Gasteiger partial charge is 0.147 e. The summed E-state index contributed by atoms with van der Waals surface area (Å²) in [6.45, 7) is 2.21. The van der Waals surface area contributed by atoms with E-state index in [1.807, 2.05) is 0 Å². The second-order valence-electron chi connectivity index (χ2n) is 5.16. The second-order valence-corrected chi connectivity index (χ2v) is 7.98. The van der Waals surface area contributed by atoms with Crippen LogP contribution in [0.15, 0.2) is 0 Å². The molecule has 0 radical (unpaired) electrons. The molecule has 3 atom stereocenters. The van der Waals surface area contributed by atoms with Crippen LogP contribution in [0.1, 0.15) is 45.4 Å². The first-order valence-electron chi connectivity index (χ1n) is 6.24. The summed E-state index contributed by atoms with van der Waals surface area (Å²) < 4.78 is 22.3. The maximum Gasteiger partial charge on any atom is 0.147 e. The van der Waals surface area contributed by atoms with E-state index in [-0.39, 0.29) is 5.38 Å². The number of sulfone groups is 1. The zero-order chi connectivity index (χ0) is 12.2. The zero-order valence-corrected chi connectivity index (χ0v) is 11.9. The first-order chi connectivity index (χ1) is 7.42. The molecular weight excluding hydrogens is 244 g/mol.